The zero-order valence-electron chi connectivity index (χ0n) is 17.9. The number of ether oxygens (including phenoxy) is 2. The van der Waals surface area contributed by atoms with Gasteiger partial charge in [-0.3, -0.25) is 4.90 Å². The maximum atomic E-state index is 10.4. The number of benzene rings is 1. The summed E-state index contributed by atoms with van der Waals surface area (Å²) in [6.45, 7) is 3.73. The van der Waals surface area contributed by atoms with Crippen molar-refractivity contribution in [3.63, 3.8) is 0 Å². The minimum atomic E-state index is -0.453. The minimum absolute atomic E-state index is 0.381. The van der Waals surface area contributed by atoms with E-state index in [0.29, 0.717) is 13.2 Å². The van der Waals surface area contributed by atoms with Crippen molar-refractivity contribution in [1.82, 2.24) is 9.47 Å². The van der Waals surface area contributed by atoms with Gasteiger partial charge in [0.2, 0.25) is 0 Å². The maximum absolute atomic E-state index is 10.4. The van der Waals surface area contributed by atoms with Crippen LogP contribution in [0.2, 0.25) is 0 Å². The van der Waals surface area contributed by atoms with E-state index >= 15 is 0 Å². The molecule has 0 radical (unpaired) electrons. The van der Waals surface area contributed by atoms with Gasteiger partial charge in [-0.15, -0.1) is 0 Å². The molecule has 0 saturated heterocycles. The maximum Gasteiger partial charge on any atom is 0.119 e. The molecule has 0 bridgehead atoms. The van der Waals surface area contributed by atoms with Crippen molar-refractivity contribution in [3.8, 4) is 5.75 Å². The van der Waals surface area contributed by atoms with E-state index in [-0.39, 0.29) is 0 Å². The lowest BCUT2D eigenvalue weighted by Gasteiger charge is -2.31. The van der Waals surface area contributed by atoms with E-state index in [2.05, 4.69) is 39.9 Å². The molecule has 0 unspecified atom stereocenters. The van der Waals surface area contributed by atoms with Crippen LogP contribution in [-0.4, -0.2) is 54.6 Å². The summed E-state index contributed by atoms with van der Waals surface area (Å²) in [5.41, 5.74) is 2.49. The Morgan fingerprint density at radius 3 is 2.72 bits per heavy atom. The van der Waals surface area contributed by atoms with Gasteiger partial charge in [0.25, 0.3) is 0 Å². The summed E-state index contributed by atoms with van der Waals surface area (Å²) in [5, 5.41) is 10.4. The Morgan fingerprint density at radius 1 is 1.14 bits per heavy atom. The van der Waals surface area contributed by atoms with Crippen molar-refractivity contribution in [3.05, 3.63) is 53.9 Å². The van der Waals surface area contributed by atoms with Gasteiger partial charge in [0.1, 0.15) is 5.75 Å². The van der Waals surface area contributed by atoms with Gasteiger partial charge in [-0.2, -0.15) is 0 Å². The van der Waals surface area contributed by atoms with E-state index in [1.807, 2.05) is 12.1 Å². The number of rotatable bonds is 11. The monoisotopic (exact) mass is 400 g/mol. The van der Waals surface area contributed by atoms with Gasteiger partial charge >= 0.3 is 0 Å². The van der Waals surface area contributed by atoms with Crippen LogP contribution < -0.4 is 4.74 Å². The second-order valence-electron chi connectivity index (χ2n) is 8.29. The van der Waals surface area contributed by atoms with Crippen molar-refractivity contribution in [2.45, 2.75) is 51.3 Å². The third kappa shape index (κ3) is 6.88. The first-order valence-electron chi connectivity index (χ1n) is 10.8. The fourth-order valence-electron chi connectivity index (χ4n) is 4.43. The standard InChI is InChI=1S/C24H36N2O3/c1-28-19-23(27)18-25(15-20-8-4-3-5-9-20)17-22-11-7-13-26(22)16-21-10-6-12-24(14-21)29-2/h6-7,10-14,20,23,27H,3-5,8-9,15-19H2,1-2H3/t23-/m0/s1. The molecule has 1 fully saturated rings. The Labute approximate surface area is 175 Å². The summed E-state index contributed by atoms with van der Waals surface area (Å²) in [4.78, 5) is 2.41. The first-order chi connectivity index (χ1) is 14.2. The third-order valence-corrected chi connectivity index (χ3v) is 5.87. The molecule has 1 aromatic heterocycles. The molecule has 0 aliphatic heterocycles. The Hall–Kier alpha value is -1.82. The normalized spacial score (nSPS) is 16.3. The third-order valence-electron chi connectivity index (χ3n) is 5.87. The van der Waals surface area contributed by atoms with E-state index in [0.717, 1.165) is 31.3 Å². The molecule has 5 heteroatoms. The van der Waals surface area contributed by atoms with Crippen molar-refractivity contribution < 1.29 is 14.6 Å². The molecule has 1 atom stereocenters. The average Bonchev–Trinajstić information content (AvgIpc) is 3.15. The van der Waals surface area contributed by atoms with Crippen LogP contribution in [0.25, 0.3) is 0 Å². The molecule has 3 rings (SSSR count). The predicted molar refractivity (Wildman–Crippen MR) is 116 cm³/mol. The Balaban J connectivity index is 1.68. The summed E-state index contributed by atoms with van der Waals surface area (Å²) in [7, 11) is 3.35. The Kier molecular flexibility index (Phi) is 8.59. The van der Waals surface area contributed by atoms with Crippen molar-refractivity contribution in [2.75, 3.05) is 33.9 Å². The molecule has 160 valence electrons. The molecule has 1 aliphatic rings. The number of methoxy groups -OCH3 is 2. The van der Waals surface area contributed by atoms with E-state index in [1.165, 1.54) is 43.4 Å². The zero-order valence-corrected chi connectivity index (χ0v) is 17.9. The summed E-state index contributed by atoms with van der Waals surface area (Å²) >= 11 is 0. The number of hydrogen-bond donors (Lipinski definition) is 1. The Bertz CT molecular complexity index is 724. The van der Waals surface area contributed by atoms with Crippen LogP contribution >= 0.6 is 0 Å². The van der Waals surface area contributed by atoms with Crippen LogP contribution in [0, 0.1) is 5.92 Å². The molecule has 2 aromatic rings. The number of aliphatic hydroxyl groups is 1. The Morgan fingerprint density at radius 2 is 1.97 bits per heavy atom. The van der Waals surface area contributed by atoms with E-state index in [4.69, 9.17) is 9.47 Å². The predicted octanol–water partition coefficient (Wildman–Crippen LogP) is 3.93. The van der Waals surface area contributed by atoms with Crippen LogP contribution in [0.5, 0.6) is 5.75 Å². The molecular formula is C24H36N2O3. The van der Waals surface area contributed by atoms with E-state index < -0.39 is 6.10 Å². The summed E-state index contributed by atoms with van der Waals surface area (Å²) < 4.78 is 12.8. The second-order valence-corrected chi connectivity index (χ2v) is 8.29. The van der Waals surface area contributed by atoms with Crippen molar-refractivity contribution >= 4 is 0 Å². The van der Waals surface area contributed by atoms with Gasteiger partial charge in [0.15, 0.2) is 0 Å². The van der Waals surface area contributed by atoms with E-state index in [9.17, 15) is 5.11 Å². The number of hydrogen-bond acceptors (Lipinski definition) is 4. The highest BCUT2D eigenvalue weighted by Gasteiger charge is 2.20. The fourth-order valence-corrected chi connectivity index (χ4v) is 4.43. The zero-order chi connectivity index (χ0) is 20.5. The number of aliphatic hydroxyl groups excluding tert-OH is 1. The van der Waals surface area contributed by atoms with Crippen LogP contribution in [0.3, 0.4) is 0 Å². The molecule has 5 nitrogen and oxygen atoms in total. The quantitative estimate of drug-likeness (QED) is 0.621. The molecule has 1 heterocycles. The first kappa shape index (κ1) is 21.9. The minimum Gasteiger partial charge on any atom is -0.497 e. The highest BCUT2D eigenvalue weighted by molar-refractivity contribution is 5.29. The number of nitrogens with zero attached hydrogens (tertiary/aromatic N) is 2. The van der Waals surface area contributed by atoms with Gasteiger partial charge < -0.3 is 19.1 Å². The first-order valence-corrected chi connectivity index (χ1v) is 10.8. The van der Waals surface area contributed by atoms with Crippen LogP contribution in [0.15, 0.2) is 42.6 Å². The SMILES string of the molecule is COC[C@@H](O)CN(Cc1cccn1Cc1cccc(OC)c1)CC1CCCCC1. The van der Waals surface area contributed by atoms with Gasteiger partial charge in [0, 0.05) is 45.2 Å². The van der Waals surface area contributed by atoms with Gasteiger partial charge in [-0.25, -0.2) is 0 Å². The largest absolute Gasteiger partial charge is 0.497 e. The highest BCUT2D eigenvalue weighted by Crippen LogP contribution is 2.25. The molecule has 1 aromatic carbocycles. The number of aromatic nitrogens is 1. The smallest absolute Gasteiger partial charge is 0.119 e. The van der Waals surface area contributed by atoms with E-state index in [1.54, 1.807) is 14.2 Å². The molecule has 29 heavy (non-hydrogen) atoms. The van der Waals surface area contributed by atoms with Crippen LogP contribution in [0.4, 0.5) is 0 Å². The highest BCUT2D eigenvalue weighted by atomic mass is 16.5. The molecular weight excluding hydrogens is 364 g/mol. The van der Waals surface area contributed by atoms with Crippen LogP contribution in [-0.2, 0) is 17.8 Å². The van der Waals surface area contributed by atoms with Gasteiger partial charge in [-0.05, 0) is 48.6 Å². The van der Waals surface area contributed by atoms with Crippen molar-refractivity contribution in [2.24, 2.45) is 5.92 Å². The molecule has 1 saturated carbocycles. The summed E-state index contributed by atoms with van der Waals surface area (Å²) in [6, 6.07) is 12.5. The van der Waals surface area contributed by atoms with Crippen molar-refractivity contribution in [1.29, 1.82) is 0 Å². The summed E-state index contributed by atoms with van der Waals surface area (Å²) in [6.07, 6.45) is 8.34. The fraction of sp³-hybridized carbons (Fsp3) is 0.583. The molecule has 1 N–H and O–H groups in total. The van der Waals surface area contributed by atoms with Gasteiger partial charge in [-0.1, -0.05) is 31.4 Å². The lowest BCUT2D eigenvalue weighted by Crippen LogP contribution is -2.38. The molecule has 1 aliphatic carbocycles. The molecule has 0 spiro atoms. The average molecular weight is 401 g/mol. The second kappa shape index (κ2) is 11.4. The molecule has 0 amide bonds. The van der Waals surface area contributed by atoms with Crippen LogP contribution in [0.1, 0.15) is 43.4 Å². The summed E-state index contributed by atoms with van der Waals surface area (Å²) in [5.74, 6) is 1.62. The topological polar surface area (TPSA) is 46.9 Å². The lowest BCUT2D eigenvalue weighted by atomic mass is 9.89. The lowest BCUT2D eigenvalue weighted by molar-refractivity contribution is 0.0297. The van der Waals surface area contributed by atoms with Gasteiger partial charge in [0.05, 0.1) is 19.8 Å².